The number of anilines is 1. The molecular weight excluding hydrogens is 526 g/mol. The summed E-state index contributed by atoms with van der Waals surface area (Å²) in [5.74, 6) is -1.12. The number of amides is 2. The second-order valence-corrected chi connectivity index (χ2v) is 9.31. The van der Waals surface area contributed by atoms with E-state index in [2.05, 4.69) is 15.8 Å². The monoisotopic (exact) mass is 543 g/mol. The van der Waals surface area contributed by atoms with Gasteiger partial charge < -0.3 is 14.5 Å². The van der Waals surface area contributed by atoms with E-state index in [0.717, 1.165) is 10.1 Å². The molecule has 3 aromatic carbocycles. The molecule has 38 heavy (non-hydrogen) atoms. The quantitative estimate of drug-likeness (QED) is 0.107. The number of thiophene rings is 1. The van der Waals surface area contributed by atoms with Gasteiger partial charge >= 0.3 is 5.97 Å². The number of furan rings is 1. The van der Waals surface area contributed by atoms with Gasteiger partial charge in [0.15, 0.2) is 0 Å². The zero-order chi connectivity index (χ0) is 26.5. The van der Waals surface area contributed by atoms with E-state index in [1.165, 1.54) is 29.9 Å². The number of esters is 1. The molecular formula is C28H18ClN3O5S. The highest BCUT2D eigenvalue weighted by atomic mass is 35.5. The Balaban J connectivity index is 1.20. The molecule has 8 nitrogen and oxygen atoms in total. The number of hydrazone groups is 1. The number of nitrogens with zero attached hydrogens (tertiary/aromatic N) is 1. The van der Waals surface area contributed by atoms with Gasteiger partial charge in [0.2, 0.25) is 5.76 Å². The zero-order valence-electron chi connectivity index (χ0n) is 19.5. The number of para-hydroxylation sites is 1. The lowest BCUT2D eigenvalue weighted by atomic mass is 10.2. The van der Waals surface area contributed by atoms with Gasteiger partial charge in [0.25, 0.3) is 11.8 Å². The number of hydrogen-bond acceptors (Lipinski definition) is 7. The van der Waals surface area contributed by atoms with Crippen molar-refractivity contribution in [3.8, 4) is 5.75 Å². The number of benzene rings is 3. The van der Waals surface area contributed by atoms with Crippen LogP contribution in [-0.4, -0.2) is 24.0 Å². The summed E-state index contributed by atoms with van der Waals surface area (Å²) >= 11 is 7.70. The summed E-state index contributed by atoms with van der Waals surface area (Å²) in [6.07, 6.45) is 2.74. The smallest absolute Gasteiger partial charge is 0.379 e. The minimum atomic E-state index is -0.651. The number of rotatable bonds is 7. The van der Waals surface area contributed by atoms with Crippen molar-refractivity contribution in [2.24, 2.45) is 5.10 Å². The van der Waals surface area contributed by atoms with E-state index in [0.29, 0.717) is 26.7 Å². The molecule has 0 aliphatic carbocycles. The standard InChI is InChI=1S/C28H18ClN3O5S/c29-24-20-7-2-4-10-23(20)38-25(24)27(34)31-19-13-11-17(12-14-19)26(33)32-30-16-18-6-1-3-8-21(18)37-28(35)22-9-5-15-36-22/h1-16H,(H,31,34)(H,32,33)/b30-16-. The van der Waals surface area contributed by atoms with Gasteiger partial charge in [-0.3, -0.25) is 9.59 Å². The Labute approximate surface area is 225 Å². The van der Waals surface area contributed by atoms with Gasteiger partial charge in [-0.2, -0.15) is 5.10 Å². The number of ether oxygens (including phenoxy) is 1. The molecule has 0 saturated heterocycles. The summed E-state index contributed by atoms with van der Waals surface area (Å²) in [7, 11) is 0. The van der Waals surface area contributed by atoms with Crippen molar-refractivity contribution in [1.82, 2.24) is 5.43 Å². The van der Waals surface area contributed by atoms with Crippen molar-refractivity contribution >= 4 is 62.7 Å². The first-order valence-corrected chi connectivity index (χ1v) is 12.5. The van der Waals surface area contributed by atoms with Gasteiger partial charge in [-0.1, -0.05) is 41.9 Å². The van der Waals surface area contributed by atoms with Gasteiger partial charge in [0.1, 0.15) is 10.6 Å². The van der Waals surface area contributed by atoms with Crippen LogP contribution in [0, 0.1) is 0 Å². The average molecular weight is 544 g/mol. The topological polar surface area (TPSA) is 110 Å². The Morgan fingerprint density at radius 2 is 1.66 bits per heavy atom. The van der Waals surface area contributed by atoms with Crippen molar-refractivity contribution in [2.45, 2.75) is 0 Å². The third kappa shape index (κ3) is 5.49. The number of halogens is 1. The van der Waals surface area contributed by atoms with Crippen molar-refractivity contribution in [3.63, 3.8) is 0 Å². The van der Waals surface area contributed by atoms with Crippen LogP contribution in [0.1, 0.15) is 36.1 Å². The van der Waals surface area contributed by atoms with E-state index >= 15 is 0 Å². The SMILES string of the molecule is O=C(N/N=C\c1ccccc1OC(=O)c1ccco1)c1ccc(NC(=O)c2sc3ccccc3c2Cl)cc1. The largest absolute Gasteiger partial charge is 0.457 e. The van der Waals surface area contributed by atoms with Crippen LogP contribution in [0.15, 0.2) is 101 Å². The van der Waals surface area contributed by atoms with Crippen molar-refractivity contribution < 1.29 is 23.5 Å². The molecule has 0 unspecified atom stereocenters. The summed E-state index contributed by atoms with van der Waals surface area (Å²) in [6.45, 7) is 0. The maximum absolute atomic E-state index is 12.7. The van der Waals surface area contributed by atoms with Crippen LogP contribution in [0.4, 0.5) is 5.69 Å². The van der Waals surface area contributed by atoms with Crippen molar-refractivity contribution in [1.29, 1.82) is 0 Å². The second-order valence-electron chi connectivity index (χ2n) is 7.88. The molecule has 2 N–H and O–H groups in total. The van der Waals surface area contributed by atoms with Gasteiger partial charge in [0, 0.05) is 26.9 Å². The highest BCUT2D eigenvalue weighted by Crippen LogP contribution is 2.35. The molecule has 0 aliphatic rings. The van der Waals surface area contributed by atoms with E-state index in [4.69, 9.17) is 20.8 Å². The lowest BCUT2D eigenvalue weighted by Gasteiger charge is -2.06. The molecule has 0 atom stereocenters. The van der Waals surface area contributed by atoms with Gasteiger partial charge in [-0.25, -0.2) is 10.2 Å². The predicted molar refractivity (Wildman–Crippen MR) is 146 cm³/mol. The van der Waals surface area contributed by atoms with Crippen LogP contribution in [0.2, 0.25) is 5.02 Å². The Morgan fingerprint density at radius 3 is 2.42 bits per heavy atom. The fraction of sp³-hybridized carbons (Fsp3) is 0. The van der Waals surface area contributed by atoms with E-state index in [1.54, 1.807) is 54.6 Å². The van der Waals surface area contributed by atoms with Crippen LogP contribution < -0.4 is 15.5 Å². The Kier molecular flexibility index (Phi) is 7.30. The molecule has 5 rings (SSSR count). The summed E-state index contributed by atoms with van der Waals surface area (Å²) in [6, 6.07) is 23.7. The van der Waals surface area contributed by atoms with Crippen molar-refractivity contribution in [3.05, 3.63) is 118 Å². The minimum Gasteiger partial charge on any atom is -0.457 e. The van der Waals surface area contributed by atoms with Gasteiger partial charge in [-0.05, 0) is 54.6 Å². The van der Waals surface area contributed by atoms with E-state index in [1.807, 2.05) is 24.3 Å². The Morgan fingerprint density at radius 1 is 0.895 bits per heavy atom. The molecule has 0 aliphatic heterocycles. The Bertz CT molecular complexity index is 1660. The number of hydrogen-bond donors (Lipinski definition) is 2. The third-order valence-electron chi connectivity index (χ3n) is 5.36. The molecule has 2 heterocycles. The van der Waals surface area contributed by atoms with Crippen LogP contribution in [0.3, 0.4) is 0 Å². The fourth-order valence-electron chi connectivity index (χ4n) is 3.50. The third-order valence-corrected chi connectivity index (χ3v) is 7.03. The predicted octanol–water partition coefficient (Wildman–Crippen LogP) is 6.38. The summed E-state index contributed by atoms with van der Waals surface area (Å²) in [5, 5.41) is 8.01. The van der Waals surface area contributed by atoms with Crippen LogP contribution in [0.25, 0.3) is 10.1 Å². The first-order valence-electron chi connectivity index (χ1n) is 11.3. The molecule has 0 bridgehead atoms. The van der Waals surface area contributed by atoms with Gasteiger partial charge in [0.05, 0.1) is 17.5 Å². The lowest BCUT2D eigenvalue weighted by molar-refractivity contribution is 0.0700. The summed E-state index contributed by atoms with van der Waals surface area (Å²) in [5.41, 5.74) is 3.75. The highest BCUT2D eigenvalue weighted by Gasteiger charge is 2.17. The molecule has 2 amide bonds. The van der Waals surface area contributed by atoms with Gasteiger partial charge in [-0.15, -0.1) is 11.3 Å². The maximum atomic E-state index is 12.7. The summed E-state index contributed by atoms with van der Waals surface area (Å²) < 4.78 is 11.3. The molecule has 5 aromatic rings. The number of fused-ring (bicyclic) bond motifs is 1. The van der Waals surface area contributed by atoms with E-state index in [-0.39, 0.29) is 17.4 Å². The minimum absolute atomic E-state index is 0.0663. The van der Waals surface area contributed by atoms with Crippen LogP contribution in [0.5, 0.6) is 5.75 Å². The molecule has 0 saturated carbocycles. The first kappa shape index (κ1) is 24.9. The van der Waals surface area contributed by atoms with Crippen LogP contribution in [-0.2, 0) is 0 Å². The fourth-order valence-corrected chi connectivity index (χ4v) is 4.92. The lowest BCUT2D eigenvalue weighted by Crippen LogP contribution is -2.18. The molecule has 0 radical (unpaired) electrons. The average Bonchev–Trinajstić information content (AvgIpc) is 3.59. The normalized spacial score (nSPS) is 11.0. The Hall–Kier alpha value is -4.73. The molecule has 0 fully saturated rings. The highest BCUT2D eigenvalue weighted by molar-refractivity contribution is 7.21. The first-order chi connectivity index (χ1) is 18.5. The maximum Gasteiger partial charge on any atom is 0.379 e. The van der Waals surface area contributed by atoms with Crippen molar-refractivity contribution in [2.75, 3.05) is 5.32 Å². The second kappa shape index (κ2) is 11.1. The zero-order valence-corrected chi connectivity index (χ0v) is 21.1. The molecule has 188 valence electrons. The number of nitrogens with one attached hydrogen (secondary N) is 2. The molecule has 10 heteroatoms. The van der Waals surface area contributed by atoms with Crippen LogP contribution >= 0.6 is 22.9 Å². The van der Waals surface area contributed by atoms with E-state index in [9.17, 15) is 14.4 Å². The number of carbonyl (C=O) groups is 3. The number of carbonyl (C=O) groups excluding carboxylic acids is 3. The van der Waals surface area contributed by atoms with E-state index < -0.39 is 11.9 Å². The molecule has 0 spiro atoms. The summed E-state index contributed by atoms with van der Waals surface area (Å²) in [4.78, 5) is 37.8. The molecule has 2 aromatic heterocycles.